The van der Waals surface area contributed by atoms with Gasteiger partial charge in [-0.25, -0.2) is 9.67 Å². The van der Waals surface area contributed by atoms with E-state index in [2.05, 4.69) is 15.3 Å². The fourth-order valence-electron chi connectivity index (χ4n) is 3.35. The second-order valence-electron chi connectivity index (χ2n) is 7.42. The van der Waals surface area contributed by atoms with Crippen LogP contribution < -0.4 is 5.73 Å². The van der Waals surface area contributed by atoms with Gasteiger partial charge in [-0.05, 0) is 31.0 Å². The van der Waals surface area contributed by atoms with E-state index in [0.717, 1.165) is 28.7 Å². The van der Waals surface area contributed by atoms with Crippen LogP contribution in [-0.2, 0) is 9.53 Å². The fraction of sp³-hybridized carbons (Fsp3) is 0.333. The van der Waals surface area contributed by atoms with Gasteiger partial charge < -0.3 is 15.4 Å². The van der Waals surface area contributed by atoms with Crippen molar-refractivity contribution in [2.45, 2.75) is 26.0 Å². The van der Waals surface area contributed by atoms with Gasteiger partial charge in [0.05, 0.1) is 19.3 Å². The lowest BCUT2D eigenvalue weighted by atomic mass is 10.0. The largest absolute Gasteiger partial charge is 0.383 e. The van der Waals surface area contributed by atoms with Gasteiger partial charge in [0.15, 0.2) is 0 Å². The third-order valence-corrected chi connectivity index (χ3v) is 5.10. The molecule has 1 atom stereocenters. The zero-order valence-electron chi connectivity index (χ0n) is 16.5. The Hall–Kier alpha value is -3.26. The van der Waals surface area contributed by atoms with Gasteiger partial charge in [-0.15, -0.1) is 5.10 Å². The highest BCUT2D eigenvalue weighted by molar-refractivity contribution is 5.77. The molecule has 2 N–H and O–H groups in total. The van der Waals surface area contributed by atoms with Crippen molar-refractivity contribution in [3.8, 4) is 22.4 Å². The maximum atomic E-state index is 11.0. The highest BCUT2D eigenvalue weighted by Crippen LogP contribution is 2.30. The summed E-state index contributed by atoms with van der Waals surface area (Å²) in [4.78, 5) is 17.1. The summed E-state index contributed by atoms with van der Waals surface area (Å²) in [7, 11) is 0. The SMILES string of the molecule is CC(C)n1cc(-c2cc(-c3ccc(C4CN(C=O)CCO4)cc3)cnc2N)nn1. The van der Waals surface area contributed by atoms with Gasteiger partial charge in [-0.2, -0.15) is 0 Å². The second-order valence-corrected chi connectivity index (χ2v) is 7.42. The Morgan fingerprint density at radius 2 is 2.03 bits per heavy atom. The molecular formula is C21H24N6O2. The van der Waals surface area contributed by atoms with Gasteiger partial charge in [0, 0.05) is 29.9 Å². The minimum atomic E-state index is -0.103. The molecule has 8 heteroatoms. The fourth-order valence-corrected chi connectivity index (χ4v) is 3.35. The van der Waals surface area contributed by atoms with Crippen LogP contribution in [0.2, 0.25) is 0 Å². The molecule has 0 saturated carbocycles. The number of nitrogens with two attached hydrogens (primary N) is 1. The van der Waals surface area contributed by atoms with E-state index >= 15 is 0 Å². The van der Waals surface area contributed by atoms with Crippen molar-refractivity contribution in [2.24, 2.45) is 0 Å². The Labute approximate surface area is 169 Å². The lowest BCUT2D eigenvalue weighted by Gasteiger charge is -2.30. The lowest BCUT2D eigenvalue weighted by molar-refractivity contribution is -0.125. The normalized spacial score (nSPS) is 16.9. The molecule has 1 saturated heterocycles. The zero-order chi connectivity index (χ0) is 20.4. The molecule has 0 bridgehead atoms. The number of morpholine rings is 1. The number of amides is 1. The van der Waals surface area contributed by atoms with Crippen LogP contribution in [-0.4, -0.2) is 51.0 Å². The predicted octanol–water partition coefficient (Wildman–Crippen LogP) is 2.70. The van der Waals surface area contributed by atoms with E-state index in [-0.39, 0.29) is 12.1 Å². The van der Waals surface area contributed by atoms with Crippen LogP contribution in [0.5, 0.6) is 0 Å². The Kier molecular flexibility index (Phi) is 5.26. The molecule has 0 radical (unpaired) electrons. The Balaban J connectivity index is 1.59. The minimum Gasteiger partial charge on any atom is -0.383 e. The molecule has 0 aliphatic carbocycles. The molecule has 1 amide bonds. The highest BCUT2D eigenvalue weighted by atomic mass is 16.5. The van der Waals surface area contributed by atoms with Gasteiger partial charge in [0.2, 0.25) is 6.41 Å². The van der Waals surface area contributed by atoms with Crippen LogP contribution in [0.15, 0.2) is 42.7 Å². The van der Waals surface area contributed by atoms with Crippen molar-refractivity contribution in [1.29, 1.82) is 0 Å². The molecule has 1 fully saturated rings. The first-order chi connectivity index (χ1) is 14.0. The molecule has 2 aromatic heterocycles. The maximum absolute atomic E-state index is 11.0. The summed E-state index contributed by atoms with van der Waals surface area (Å²) in [5.41, 5.74) is 10.6. The predicted molar refractivity (Wildman–Crippen MR) is 110 cm³/mol. The molecule has 29 heavy (non-hydrogen) atoms. The number of nitrogen functional groups attached to an aromatic ring is 1. The summed E-state index contributed by atoms with van der Waals surface area (Å²) in [6.07, 6.45) is 4.41. The monoisotopic (exact) mass is 392 g/mol. The molecule has 4 rings (SSSR count). The van der Waals surface area contributed by atoms with Gasteiger partial charge in [-0.1, -0.05) is 29.5 Å². The van der Waals surface area contributed by atoms with E-state index in [4.69, 9.17) is 10.5 Å². The zero-order valence-corrected chi connectivity index (χ0v) is 16.5. The lowest BCUT2D eigenvalue weighted by Crippen LogP contribution is -2.37. The third-order valence-electron chi connectivity index (χ3n) is 5.10. The van der Waals surface area contributed by atoms with E-state index < -0.39 is 0 Å². The first kappa shape index (κ1) is 19.1. The molecule has 1 aliphatic heterocycles. The maximum Gasteiger partial charge on any atom is 0.209 e. The average molecular weight is 392 g/mol. The van der Waals surface area contributed by atoms with Gasteiger partial charge in [0.1, 0.15) is 17.6 Å². The molecule has 1 aliphatic rings. The van der Waals surface area contributed by atoms with Crippen LogP contribution in [0.25, 0.3) is 22.4 Å². The highest BCUT2D eigenvalue weighted by Gasteiger charge is 2.21. The van der Waals surface area contributed by atoms with E-state index in [1.807, 2.05) is 50.4 Å². The van der Waals surface area contributed by atoms with Crippen LogP contribution >= 0.6 is 0 Å². The molecular weight excluding hydrogens is 368 g/mol. The van der Waals surface area contributed by atoms with Crippen LogP contribution in [0.4, 0.5) is 5.82 Å². The molecule has 3 heterocycles. The van der Waals surface area contributed by atoms with Gasteiger partial charge in [0.25, 0.3) is 0 Å². The molecule has 3 aromatic rings. The molecule has 1 aromatic carbocycles. The number of hydrogen-bond acceptors (Lipinski definition) is 6. The number of anilines is 1. The number of pyridine rings is 1. The summed E-state index contributed by atoms with van der Waals surface area (Å²) in [5, 5.41) is 8.39. The number of aromatic nitrogens is 4. The van der Waals surface area contributed by atoms with Crippen molar-refractivity contribution in [3.05, 3.63) is 48.3 Å². The van der Waals surface area contributed by atoms with Crippen molar-refractivity contribution in [3.63, 3.8) is 0 Å². The second kappa shape index (κ2) is 8.00. The summed E-state index contributed by atoms with van der Waals surface area (Å²) >= 11 is 0. The number of rotatable bonds is 5. The molecule has 8 nitrogen and oxygen atoms in total. The summed E-state index contributed by atoms with van der Waals surface area (Å²) < 4.78 is 7.60. The van der Waals surface area contributed by atoms with Gasteiger partial charge >= 0.3 is 0 Å². The number of nitrogens with zero attached hydrogens (tertiary/aromatic N) is 5. The number of carbonyl (C=O) groups is 1. The van der Waals surface area contributed by atoms with E-state index in [9.17, 15) is 4.79 Å². The molecule has 0 spiro atoms. The van der Waals surface area contributed by atoms with Crippen LogP contribution in [0, 0.1) is 0 Å². The quantitative estimate of drug-likeness (QED) is 0.670. The molecule has 150 valence electrons. The third kappa shape index (κ3) is 3.97. The standard InChI is InChI=1S/C21H24N6O2/c1-14(2)27-11-19(24-25-27)18-9-17(10-23-21(18)22)15-3-5-16(6-4-15)20-12-26(13-28)7-8-29-20/h3-6,9-11,13-14,20H,7-8,12H2,1-2H3,(H2,22,23). The minimum absolute atomic E-state index is 0.103. The van der Waals surface area contributed by atoms with E-state index in [1.165, 1.54) is 0 Å². The van der Waals surface area contributed by atoms with Gasteiger partial charge in [-0.3, -0.25) is 4.79 Å². The Morgan fingerprint density at radius 3 is 2.72 bits per heavy atom. The van der Waals surface area contributed by atoms with Crippen molar-refractivity contribution in [1.82, 2.24) is 24.9 Å². The Morgan fingerprint density at radius 1 is 1.24 bits per heavy atom. The van der Waals surface area contributed by atoms with Crippen molar-refractivity contribution < 1.29 is 9.53 Å². The van der Waals surface area contributed by atoms with Crippen molar-refractivity contribution in [2.75, 3.05) is 25.4 Å². The first-order valence-electron chi connectivity index (χ1n) is 9.64. The average Bonchev–Trinajstić information content (AvgIpc) is 3.25. The number of carbonyl (C=O) groups excluding carboxylic acids is 1. The van der Waals surface area contributed by atoms with E-state index in [0.29, 0.717) is 31.2 Å². The number of hydrogen-bond donors (Lipinski definition) is 1. The molecule has 1 unspecified atom stereocenters. The van der Waals surface area contributed by atoms with Crippen LogP contribution in [0.1, 0.15) is 31.6 Å². The summed E-state index contributed by atoms with van der Waals surface area (Å²) in [6.45, 7) is 5.85. The number of benzene rings is 1. The van der Waals surface area contributed by atoms with E-state index in [1.54, 1.807) is 15.8 Å². The Bertz CT molecular complexity index is 999. The smallest absolute Gasteiger partial charge is 0.209 e. The van der Waals surface area contributed by atoms with Crippen molar-refractivity contribution >= 4 is 12.2 Å². The summed E-state index contributed by atoms with van der Waals surface area (Å²) in [6, 6.07) is 10.3. The van der Waals surface area contributed by atoms with Crippen LogP contribution in [0.3, 0.4) is 0 Å². The summed E-state index contributed by atoms with van der Waals surface area (Å²) in [5.74, 6) is 0.422. The number of ether oxygens (including phenoxy) is 1. The first-order valence-corrected chi connectivity index (χ1v) is 9.64. The topological polar surface area (TPSA) is 99.2 Å².